The van der Waals surface area contributed by atoms with Crippen LogP contribution in [0.15, 0.2) is 42.5 Å². The first kappa shape index (κ1) is 19.7. The Morgan fingerprint density at radius 3 is 2.57 bits per heavy atom. The van der Waals surface area contributed by atoms with Crippen molar-refractivity contribution in [3.63, 3.8) is 0 Å². The molecule has 0 aromatic heterocycles. The fourth-order valence-electron chi connectivity index (χ4n) is 5.10. The quantitative estimate of drug-likeness (QED) is 0.697. The lowest BCUT2D eigenvalue weighted by Gasteiger charge is -2.40. The number of hydrogen-bond acceptors (Lipinski definition) is 3. The van der Waals surface area contributed by atoms with E-state index in [1.54, 1.807) is 0 Å². The number of ether oxygens (including phenoxy) is 1. The second kappa shape index (κ2) is 9.71. The summed E-state index contributed by atoms with van der Waals surface area (Å²) in [5.74, 6) is 0.624. The van der Waals surface area contributed by atoms with Crippen molar-refractivity contribution in [3.8, 4) is 0 Å². The predicted octanol–water partition coefficient (Wildman–Crippen LogP) is 4.01. The van der Waals surface area contributed by atoms with Crippen molar-refractivity contribution in [1.29, 1.82) is 0 Å². The standard InChI is InChI=1S/C24H34N2O2/c27-24(21-10-5-2-6-11-21)25-16-13-22(14-17-25)26-15-7-12-23(26)19-28-18-20-8-3-1-4-9-20/h1-5,8-9,21-23H,6-7,10-19H2/t21-,23+/m0/s1. The van der Waals surface area contributed by atoms with Gasteiger partial charge >= 0.3 is 0 Å². The first-order chi connectivity index (χ1) is 13.8. The van der Waals surface area contributed by atoms with E-state index < -0.39 is 0 Å². The Labute approximate surface area is 169 Å². The molecule has 1 aromatic carbocycles. The molecule has 0 saturated carbocycles. The molecule has 0 bridgehead atoms. The van der Waals surface area contributed by atoms with Crippen molar-refractivity contribution >= 4 is 5.91 Å². The van der Waals surface area contributed by atoms with Crippen LogP contribution in [0.3, 0.4) is 0 Å². The van der Waals surface area contributed by atoms with Gasteiger partial charge in [0.1, 0.15) is 0 Å². The molecule has 0 spiro atoms. The molecule has 28 heavy (non-hydrogen) atoms. The zero-order valence-electron chi connectivity index (χ0n) is 17.0. The minimum absolute atomic E-state index is 0.229. The fourth-order valence-corrected chi connectivity index (χ4v) is 5.10. The van der Waals surface area contributed by atoms with E-state index in [2.05, 4.69) is 46.2 Å². The molecule has 152 valence electrons. The lowest BCUT2D eigenvalue weighted by atomic mass is 9.92. The maximum Gasteiger partial charge on any atom is 0.226 e. The number of piperidine rings is 1. The number of likely N-dealkylation sites (tertiary alicyclic amines) is 2. The minimum atomic E-state index is 0.229. The van der Waals surface area contributed by atoms with Gasteiger partial charge in [0.15, 0.2) is 0 Å². The van der Waals surface area contributed by atoms with Crippen LogP contribution in [-0.2, 0) is 16.1 Å². The second-order valence-corrected chi connectivity index (χ2v) is 8.57. The number of nitrogens with zero attached hydrogens (tertiary/aromatic N) is 2. The Morgan fingerprint density at radius 2 is 1.82 bits per heavy atom. The van der Waals surface area contributed by atoms with Gasteiger partial charge in [-0.25, -0.2) is 0 Å². The van der Waals surface area contributed by atoms with E-state index in [1.807, 2.05) is 6.07 Å². The highest BCUT2D eigenvalue weighted by Crippen LogP contribution is 2.28. The summed E-state index contributed by atoms with van der Waals surface area (Å²) in [7, 11) is 0. The van der Waals surface area contributed by atoms with E-state index in [0.717, 1.165) is 51.8 Å². The Bertz CT molecular complexity index is 652. The van der Waals surface area contributed by atoms with E-state index in [4.69, 9.17) is 4.74 Å². The van der Waals surface area contributed by atoms with Crippen molar-refractivity contribution in [3.05, 3.63) is 48.0 Å². The molecule has 0 radical (unpaired) electrons. The van der Waals surface area contributed by atoms with Crippen molar-refractivity contribution in [1.82, 2.24) is 9.80 Å². The first-order valence-corrected chi connectivity index (χ1v) is 11.1. The molecule has 2 saturated heterocycles. The highest BCUT2D eigenvalue weighted by molar-refractivity contribution is 5.79. The van der Waals surface area contributed by atoms with Gasteiger partial charge in [0.2, 0.25) is 5.91 Å². The molecule has 2 atom stereocenters. The third-order valence-corrected chi connectivity index (χ3v) is 6.71. The molecule has 1 aromatic rings. The molecule has 1 aliphatic carbocycles. The van der Waals surface area contributed by atoms with Crippen LogP contribution in [0.5, 0.6) is 0 Å². The second-order valence-electron chi connectivity index (χ2n) is 8.57. The van der Waals surface area contributed by atoms with Gasteiger partial charge in [-0.3, -0.25) is 9.69 Å². The Kier molecular flexibility index (Phi) is 6.81. The van der Waals surface area contributed by atoms with Crippen LogP contribution < -0.4 is 0 Å². The van der Waals surface area contributed by atoms with Crippen LogP contribution in [0.25, 0.3) is 0 Å². The number of benzene rings is 1. The van der Waals surface area contributed by atoms with E-state index in [1.165, 1.54) is 24.9 Å². The summed E-state index contributed by atoms with van der Waals surface area (Å²) in [6, 6.07) is 11.6. The predicted molar refractivity (Wildman–Crippen MR) is 112 cm³/mol. The van der Waals surface area contributed by atoms with Gasteiger partial charge in [-0.05, 0) is 57.1 Å². The number of amides is 1. The van der Waals surface area contributed by atoms with E-state index in [-0.39, 0.29) is 5.92 Å². The topological polar surface area (TPSA) is 32.8 Å². The van der Waals surface area contributed by atoms with E-state index in [9.17, 15) is 4.79 Å². The summed E-state index contributed by atoms with van der Waals surface area (Å²) in [5.41, 5.74) is 1.25. The monoisotopic (exact) mass is 382 g/mol. The Hall–Kier alpha value is -1.65. The number of allylic oxidation sites excluding steroid dienone is 2. The first-order valence-electron chi connectivity index (χ1n) is 11.1. The van der Waals surface area contributed by atoms with Crippen molar-refractivity contribution in [2.24, 2.45) is 5.92 Å². The average molecular weight is 383 g/mol. The zero-order chi connectivity index (χ0) is 19.2. The molecule has 2 aliphatic heterocycles. The Morgan fingerprint density at radius 1 is 1.00 bits per heavy atom. The molecule has 1 amide bonds. The molecule has 2 heterocycles. The molecule has 3 aliphatic rings. The third-order valence-electron chi connectivity index (χ3n) is 6.71. The summed E-state index contributed by atoms with van der Waals surface area (Å²) in [6.45, 7) is 4.57. The van der Waals surface area contributed by atoms with E-state index in [0.29, 0.717) is 24.6 Å². The number of carbonyl (C=O) groups excluding carboxylic acids is 1. The van der Waals surface area contributed by atoms with Crippen molar-refractivity contribution in [2.75, 3.05) is 26.2 Å². The molecule has 4 heteroatoms. The molecular weight excluding hydrogens is 348 g/mol. The normalized spacial score (nSPS) is 26.6. The average Bonchev–Trinajstić information content (AvgIpc) is 3.23. The smallest absolute Gasteiger partial charge is 0.226 e. The summed E-state index contributed by atoms with van der Waals surface area (Å²) in [5, 5.41) is 0. The lowest BCUT2D eigenvalue weighted by molar-refractivity contribution is -0.137. The fraction of sp³-hybridized carbons (Fsp3) is 0.625. The van der Waals surface area contributed by atoms with Gasteiger partial charge in [0.25, 0.3) is 0 Å². The number of hydrogen-bond donors (Lipinski definition) is 0. The maximum atomic E-state index is 12.8. The largest absolute Gasteiger partial charge is 0.375 e. The van der Waals surface area contributed by atoms with Crippen molar-refractivity contribution < 1.29 is 9.53 Å². The Balaban J connectivity index is 1.23. The highest BCUT2D eigenvalue weighted by atomic mass is 16.5. The molecule has 0 N–H and O–H groups in total. The molecule has 4 nitrogen and oxygen atoms in total. The van der Waals surface area contributed by atoms with Crippen molar-refractivity contribution in [2.45, 2.75) is 63.6 Å². The molecule has 2 fully saturated rings. The van der Waals surface area contributed by atoms with Crippen LogP contribution >= 0.6 is 0 Å². The van der Waals surface area contributed by atoms with Gasteiger partial charge < -0.3 is 9.64 Å². The highest BCUT2D eigenvalue weighted by Gasteiger charge is 2.35. The van der Waals surface area contributed by atoms with Gasteiger partial charge in [0, 0.05) is 31.1 Å². The molecule has 0 unspecified atom stereocenters. The van der Waals surface area contributed by atoms with Gasteiger partial charge in [0.05, 0.1) is 13.2 Å². The zero-order valence-corrected chi connectivity index (χ0v) is 17.0. The molecular formula is C24H34N2O2. The third kappa shape index (κ3) is 4.84. The minimum Gasteiger partial charge on any atom is -0.375 e. The van der Waals surface area contributed by atoms with Crippen LogP contribution in [0.2, 0.25) is 0 Å². The van der Waals surface area contributed by atoms with E-state index >= 15 is 0 Å². The summed E-state index contributed by atoms with van der Waals surface area (Å²) < 4.78 is 6.05. The maximum absolute atomic E-state index is 12.8. The number of rotatable bonds is 6. The van der Waals surface area contributed by atoms with Gasteiger partial charge in [-0.1, -0.05) is 42.5 Å². The summed E-state index contributed by atoms with van der Waals surface area (Å²) in [6.07, 6.45) is 12.2. The van der Waals surface area contributed by atoms with Crippen LogP contribution in [0, 0.1) is 5.92 Å². The van der Waals surface area contributed by atoms with Crippen LogP contribution in [-0.4, -0.2) is 54.0 Å². The SMILES string of the molecule is O=C([C@H]1CC=CCC1)N1CCC(N2CCC[C@@H]2COCc2ccccc2)CC1. The van der Waals surface area contributed by atoms with Gasteiger partial charge in [-0.2, -0.15) is 0 Å². The van der Waals surface area contributed by atoms with Crippen LogP contribution in [0.4, 0.5) is 0 Å². The summed E-state index contributed by atoms with van der Waals surface area (Å²) in [4.78, 5) is 17.6. The number of carbonyl (C=O) groups is 1. The lowest BCUT2D eigenvalue weighted by Crippen LogP contribution is -2.50. The van der Waals surface area contributed by atoms with Crippen LogP contribution in [0.1, 0.15) is 50.5 Å². The molecule has 4 rings (SSSR count). The summed E-state index contributed by atoms with van der Waals surface area (Å²) >= 11 is 0. The van der Waals surface area contributed by atoms with Gasteiger partial charge in [-0.15, -0.1) is 0 Å².